The van der Waals surface area contributed by atoms with Crippen LogP contribution in [-0.2, 0) is 11.8 Å². The Hall–Kier alpha value is -1.84. The first-order valence-electron chi connectivity index (χ1n) is 4.51. The summed E-state index contributed by atoms with van der Waals surface area (Å²) in [5.74, 6) is -0.642. The fourth-order valence-corrected chi connectivity index (χ4v) is 1.61. The summed E-state index contributed by atoms with van der Waals surface area (Å²) in [4.78, 5) is 11.4. The zero-order valence-electron chi connectivity index (χ0n) is 8.24. The van der Waals surface area contributed by atoms with Crippen LogP contribution in [0.1, 0.15) is 10.5 Å². The fourth-order valence-electron chi connectivity index (χ4n) is 1.61. The summed E-state index contributed by atoms with van der Waals surface area (Å²) < 4.78 is 17.9. The molecule has 2 rings (SSSR count). The third-order valence-corrected chi connectivity index (χ3v) is 2.35. The molecule has 4 heteroatoms. The highest BCUT2D eigenvalue weighted by atomic mass is 19.1. The van der Waals surface area contributed by atoms with Gasteiger partial charge in [-0.05, 0) is 12.1 Å². The number of alkyl halides is 1. The SMILES string of the molecule is Cn1c(C(=O)OCF)cc2ccccc21. The van der Waals surface area contributed by atoms with Gasteiger partial charge >= 0.3 is 5.97 Å². The Labute approximate surface area is 86.1 Å². The molecule has 0 aliphatic heterocycles. The summed E-state index contributed by atoms with van der Waals surface area (Å²) in [7, 11) is 1.75. The van der Waals surface area contributed by atoms with E-state index in [-0.39, 0.29) is 0 Å². The van der Waals surface area contributed by atoms with Crippen molar-refractivity contribution < 1.29 is 13.9 Å². The summed E-state index contributed by atoms with van der Waals surface area (Å²) in [5.41, 5.74) is 1.28. The van der Waals surface area contributed by atoms with E-state index < -0.39 is 12.8 Å². The molecule has 0 saturated carbocycles. The minimum atomic E-state index is -1.10. The van der Waals surface area contributed by atoms with Crippen LogP contribution in [0.3, 0.4) is 0 Å². The van der Waals surface area contributed by atoms with E-state index in [2.05, 4.69) is 4.74 Å². The first-order valence-corrected chi connectivity index (χ1v) is 4.51. The molecule has 1 heterocycles. The topological polar surface area (TPSA) is 31.2 Å². The summed E-state index contributed by atoms with van der Waals surface area (Å²) >= 11 is 0. The molecule has 0 radical (unpaired) electrons. The highest BCUT2D eigenvalue weighted by molar-refractivity contribution is 5.95. The maximum absolute atomic E-state index is 11.9. The van der Waals surface area contributed by atoms with Crippen LogP contribution in [0.25, 0.3) is 10.9 Å². The number of fused-ring (bicyclic) bond motifs is 1. The van der Waals surface area contributed by atoms with Gasteiger partial charge in [-0.2, -0.15) is 0 Å². The summed E-state index contributed by atoms with van der Waals surface area (Å²) in [6, 6.07) is 9.23. The van der Waals surface area contributed by atoms with E-state index >= 15 is 0 Å². The lowest BCUT2D eigenvalue weighted by molar-refractivity contribution is 0.0314. The third kappa shape index (κ3) is 1.58. The molecular formula is C11H10FNO2. The second kappa shape index (κ2) is 3.73. The lowest BCUT2D eigenvalue weighted by atomic mass is 10.2. The second-order valence-corrected chi connectivity index (χ2v) is 3.19. The maximum Gasteiger partial charge on any atom is 0.357 e. The van der Waals surface area contributed by atoms with E-state index in [1.54, 1.807) is 17.7 Å². The number of aromatic nitrogens is 1. The van der Waals surface area contributed by atoms with Gasteiger partial charge in [-0.3, -0.25) is 0 Å². The number of rotatable bonds is 2. The monoisotopic (exact) mass is 207 g/mol. The van der Waals surface area contributed by atoms with Crippen LogP contribution in [0.2, 0.25) is 0 Å². The predicted molar refractivity (Wildman–Crippen MR) is 54.3 cm³/mol. The van der Waals surface area contributed by atoms with Crippen LogP contribution in [0.4, 0.5) is 4.39 Å². The summed E-state index contributed by atoms with van der Waals surface area (Å²) in [5, 5.41) is 0.936. The van der Waals surface area contributed by atoms with Crippen molar-refractivity contribution in [2.24, 2.45) is 7.05 Å². The predicted octanol–water partition coefficient (Wildman–Crippen LogP) is 2.26. The number of para-hydroxylation sites is 1. The van der Waals surface area contributed by atoms with Crippen molar-refractivity contribution in [3.8, 4) is 0 Å². The lowest BCUT2D eigenvalue weighted by Crippen LogP contribution is -2.08. The first-order chi connectivity index (χ1) is 7.24. The first kappa shape index (κ1) is 9.71. The highest BCUT2D eigenvalue weighted by Crippen LogP contribution is 2.18. The minimum absolute atomic E-state index is 0.355. The number of hydrogen-bond acceptors (Lipinski definition) is 2. The number of hydrogen-bond donors (Lipinski definition) is 0. The Kier molecular flexibility index (Phi) is 2.41. The molecular weight excluding hydrogens is 197 g/mol. The Morgan fingerprint density at radius 2 is 2.20 bits per heavy atom. The van der Waals surface area contributed by atoms with E-state index in [4.69, 9.17) is 0 Å². The standard InChI is InChI=1S/C11H10FNO2/c1-13-9-5-3-2-4-8(9)6-10(13)11(14)15-7-12/h2-6H,7H2,1H3. The number of ether oxygens (including phenoxy) is 1. The number of esters is 1. The van der Waals surface area contributed by atoms with Gasteiger partial charge in [0, 0.05) is 18.0 Å². The second-order valence-electron chi connectivity index (χ2n) is 3.19. The number of carbonyl (C=O) groups is 1. The van der Waals surface area contributed by atoms with Crippen LogP contribution < -0.4 is 0 Å². The van der Waals surface area contributed by atoms with Crippen LogP contribution in [-0.4, -0.2) is 17.4 Å². The van der Waals surface area contributed by atoms with Crippen molar-refractivity contribution in [3.05, 3.63) is 36.0 Å². The van der Waals surface area contributed by atoms with Crippen molar-refractivity contribution in [3.63, 3.8) is 0 Å². The van der Waals surface area contributed by atoms with Gasteiger partial charge in [0.2, 0.25) is 6.86 Å². The number of benzene rings is 1. The minimum Gasteiger partial charge on any atom is -0.429 e. The molecule has 0 unspecified atom stereocenters. The maximum atomic E-state index is 11.9. The largest absolute Gasteiger partial charge is 0.429 e. The molecule has 0 fully saturated rings. The molecule has 0 aliphatic rings. The molecule has 1 aromatic heterocycles. The zero-order chi connectivity index (χ0) is 10.8. The average Bonchev–Trinajstić information content (AvgIpc) is 2.57. The van der Waals surface area contributed by atoms with E-state index in [1.807, 2.05) is 24.3 Å². The van der Waals surface area contributed by atoms with E-state index in [0.717, 1.165) is 10.9 Å². The molecule has 15 heavy (non-hydrogen) atoms. The van der Waals surface area contributed by atoms with Crippen molar-refractivity contribution in [1.29, 1.82) is 0 Å². The smallest absolute Gasteiger partial charge is 0.357 e. The van der Waals surface area contributed by atoms with Crippen molar-refractivity contribution in [2.75, 3.05) is 6.86 Å². The quantitative estimate of drug-likeness (QED) is 0.707. The third-order valence-electron chi connectivity index (χ3n) is 2.35. The van der Waals surface area contributed by atoms with Crippen molar-refractivity contribution in [1.82, 2.24) is 4.57 Å². The fraction of sp³-hybridized carbons (Fsp3) is 0.182. The van der Waals surface area contributed by atoms with Crippen LogP contribution in [0.15, 0.2) is 30.3 Å². The molecule has 0 spiro atoms. The molecule has 0 bridgehead atoms. The summed E-state index contributed by atoms with van der Waals surface area (Å²) in [6.07, 6.45) is 0. The van der Waals surface area contributed by atoms with Gasteiger partial charge < -0.3 is 9.30 Å². The Morgan fingerprint density at radius 1 is 1.47 bits per heavy atom. The number of nitrogens with zero attached hydrogens (tertiary/aromatic N) is 1. The number of aryl methyl sites for hydroxylation is 1. The van der Waals surface area contributed by atoms with Crippen LogP contribution >= 0.6 is 0 Å². The van der Waals surface area contributed by atoms with Gasteiger partial charge in [0.25, 0.3) is 0 Å². The number of halogens is 1. The molecule has 0 saturated heterocycles. The molecule has 0 amide bonds. The van der Waals surface area contributed by atoms with E-state index in [0.29, 0.717) is 5.69 Å². The van der Waals surface area contributed by atoms with E-state index in [9.17, 15) is 9.18 Å². The Bertz CT molecular complexity index is 504. The normalized spacial score (nSPS) is 10.5. The van der Waals surface area contributed by atoms with Gasteiger partial charge in [0.15, 0.2) is 0 Å². The van der Waals surface area contributed by atoms with Gasteiger partial charge in [-0.1, -0.05) is 18.2 Å². The highest BCUT2D eigenvalue weighted by Gasteiger charge is 2.13. The van der Waals surface area contributed by atoms with Crippen molar-refractivity contribution >= 4 is 16.9 Å². The summed E-state index contributed by atoms with van der Waals surface area (Å²) in [6.45, 7) is -1.10. The molecule has 78 valence electrons. The molecule has 0 N–H and O–H groups in total. The Morgan fingerprint density at radius 3 is 2.87 bits per heavy atom. The average molecular weight is 207 g/mol. The molecule has 1 aromatic carbocycles. The lowest BCUT2D eigenvalue weighted by Gasteiger charge is -2.01. The van der Waals surface area contributed by atoms with Gasteiger partial charge in [0.05, 0.1) is 0 Å². The van der Waals surface area contributed by atoms with Gasteiger partial charge in [-0.25, -0.2) is 9.18 Å². The van der Waals surface area contributed by atoms with Gasteiger partial charge in [0.1, 0.15) is 5.69 Å². The zero-order valence-corrected chi connectivity index (χ0v) is 8.24. The molecule has 3 nitrogen and oxygen atoms in total. The Balaban J connectivity index is 2.53. The van der Waals surface area contributed by atoms with Crippen LogP contribution in [0, 0.1) is 0 Å². The molecule has 0 atom stereocenters. The van der Waals surface area contributed by atoms with E-state index in [1.165, 1.54) is 0 Å². The number of carbonyl (C=O) groups excluding carboxylic acids is 1. The molecule has 0 aliphatic carbocycles. The van der Waals surface area contributed by atoms with Crippen LogP contribution in [0.5, 0.6) is 0 Å². The molecule has 2 aromatic rings. The van der Waals surface area contributed by atoms with Gasteiger partial charge in [-0.15, -0.1) is 0 Å². The van der Waals surface area contributed by atoms with Crippen molar-refractivity contribution in [2.45, 2.75) is 0 Å².